The number of nitrogens with two attached hydrogens (primary N) is 1. The Bertz CT molecular complexity index is 439. The van der Waals surface area contributed by atoms with E-state index in [4.69, 9.17) is 10.5 Å². The zero-order chi connectivity index (χ0) is 9.97. The maximum atomic E-state index is 5.40. The van der Waals surface area contributed by atoms with Crippen LogP contribution >= 0.6 is 0 Å². The van der Waals surface area contributed by atoms with Crippen LogP contribution in [0.1, 0.15) is 0 Å². The van der Waals surface area contributed by atoms with Crippen molar-refractivity contribution < 1.29 is 4.74 Å². The first-order chi connectivity index (χ1) is 6.81. The zero-order valence-electron chi connectivity index (χ0n) is 7.56. The number of methoxy groups -OCH3 is 1. The highest BCUT2D eigenvalue weighted by atomic mass is 16.5. The number of nitrogen functional groups attached to an aromatic ring is 1. The summed E-state index contributed by atoms with van der Waals surface area (Å²) >= 11 is 0. The summed E-state index contributed by atoms with van der Waals surface area (Å²) in [6.07, 6.45) is 3.25. The Morgan fingerprint density at radius 1 is 1.50 bits per heavy atom. The van der Waals surface area contributed by atoms with E-state index < -0.39 is 0 Å². The molecule has 0 atom stereocenters. The second-order valence-corrected chi connectivity index (χ2v) is 2.62. The van der Waals surface area contributed by atoms with Crippen molar-refractivity contribution in [1.29, 1.82) is 0 Å². The highest BCUT2D eigenvalue weighted by molar-refractivity contribution is 5.63. The minimum atomic E-state index is 0.207. The van der Waals surface area contributed by atoms with Crippen molar-refractivity contribution in [2.45, 2.75) is 0 Å². The van der Waals surface area contributed by atoms with Gasteiger partial charge < -0.3 is 10.5 Å². The maximum Gasteiger partial charge on any atom is 0.239 e. The number of H-pyrrole nitrogens is 1. The monoisotopic (exact) mass is 191 g/mol. The van der Waals surface area contributed by atoms with Gasteiger partial charge in [-0.2, -0.15) is 4.98 Å². The lowest BCUT2D eigenvalue weighted by Crippen LogP contribution is -1.90. The van der Waals surface area contributed by atoms with E-state index in [9.17, 15) is 0 Å². The molecule has 0 radical (unpaired) electrons. The number of rotatable bonds is 2. The van der Waals surface area contributed by atoms with Gasteiger partial charge in [0.1, 0.15) is 5.75 Å². The van der Waals surface area contributed by atoms with Gasteiger partial charge in [-0.3, -0.25) is 10.1 Å². The lowest BCUT2D eigenvalue weighted by Gasteiger charge is -2.03. The molecule has 6 nitrogen and oxygen atoms in total. The Morgan fingerprint density at radius 3 is 3.00 bits per heavy atom. The zero-order valence-corrected chi connectivity index (χ0v) is 7.56. The van der Waals surface area contributed by atoms with Gasteiger partial charge in [-0.1, -0.05) is 0 Å². The molecule has 0 saturated carbocycles. The van der Waals surface area contributed by atoms with Crippen LogP contribution in [0.2, 0.25) is 0 Å². The first-order valence-corrected chi connectivity index (χ1v) is 3.97. The molecule has 0 bridgehead atoms. The molecule has 2 aromatic rings. The van der Waals surface area contributed by atoms with Crippen LogP contribution in [-0.2, 0) is 0 Å². The van der Waals surface area contributed by atoms with Gasteiger partial charge in [-0.25, -0.2) is 0 Å². The predicted molar refractivity (Wildman–Crippen MR) is 50.6 cm³/mol. The summed E-state index contributed by atoms with van der Waals surface area (Å²) in [5.74, 6) is 1.41. The van der Waals surface area contributed by atoms with Crippen LogP contribution < -0.4 is 10.5 Å². The quantitative estimate of drug-likeness (QED) is 0.719. The van der Waals surface area contributed by atoms with Crippen LogP contribution in [-0.4, -0.2) is 27.3 Å². The molecule has 0 unspecified atom stereocenters. The summed E-state index contributed by atoms with van der Waals surface area (Å²) in [6, 6.07) is 1.78. The number of nitrogens with zero attached hydrogens (tertiary/aromatic N) is 3. The Morgan fingerprint density at radius 2 is 2.36 bits per heavy atom. The highest BCUT2D eigenvalue weighted by Crippen LogP contribution is 2.25. The SMILES string of the molecule is COc1cnccc1-c1nc(N)n[nH]1. The molecule has 0 aliphatic carbocycles. The number of hydrogen-bond acceptors (Lipinski definition) is 5. The minimum absolute atomic E-state index is 0.207. The van der Waals surface area contributed by atoms with Gasteiger partial charge in [0.25, 0.3) is 0 Å². The lowest BCUT2D eigenvalue weighted by atomic mass is 10.2. The molecular formula is C8H9N5O. The van der Waals surface area contributed by atoms with E-state index in [-0.39, 0.29) is 5.95 Å². The van der Waals surface area contributed by atoms with E-state index in [1.165, 1.54) is 0 Å². The summed E-state index contributed by atoms with van der Waals surface area (Å²) in [7, 11) is 1.57. The van der Waals surface area contributed by atoms with Crippen LogP contribution in [0, 0.1) is 0 Å². The van der Waals surface area contributed by atoms with Crippen molar-refractivity contribution in [2.24, 2.45) is 0 Å². The second kappa shape index (κ2) is 3.33. The number of aromatic amines is 1. The molecule has 6 heteroatoms. The van der Waals surface area contributed by atoms with Crippen LogP contribution in [0.4, 0.5) is 5.95 Å². The molecule has 0 amide bonds. The first-order valence-electron chi connectivity index (χ1n) is 3.97. The Kier molecular flexibility index (Phi) is 2.02. The van der Waals surface area contributed by atoms with Crippen molar-refractivity contribution in [2.75, 3.05) is 12.8 Å². The van der Waals surface area contributed by atoms with E-state index in [1.54, 1.807) is 25.6 Å². The Labute approximate surface area is 80.1 Å². The molecule has 2 heterocycles. The van der Waals surface area contributed by atoms with Crippen molar-refractivity contribution in [3.63, 3.8) is 0 Å². The highest BCUT2D eigenvalue weighted by Gasteiger charge is 2.08. The molecule has 3 N–H and O–H groups in total. The third kappa shape index (κ3) is 1.37. The van der Waals surface area contributed by atoms with Crippen molar-refractivity contribution in [1.82, 2.24) is 20.2 Å². The van der Waals surface area contributed by atoms with E-state index in [0.29, 0.717) is 11.6 Å². The maximum absolute atomic E-state index is 5.40. The van der Waals surface area contributed by atoms with Gasteiger partial charge in [-0.05, 0) is 6.07 Å². The number of nitrogens with one attached hydrogen (secondary N) is 1. The molecule has 2 rings (SSSR count). The van der Waals surface area contributed by atoms with Gasteiger partial charge in [0.2, 0.25) is 5.95 Å². The van der Waals surface area contributed by atoms with Crippen molar-refractivity contribution in [3.05, 3.63) is 18.5 Å². The van der Waals surface area contributed by atoms with Crippen molar-refractivity contribution in [3.8, 4) is 17.1 Å². The molecule has 72 valence electrons. The number of aromatic nitrogens is 4. The summed E-state index contributed by atoms with van der Waals surface area (Å²) in [4.78, 5) is 7.92. The van der Waals surface area contributed by atoms with E-state index in [1.807, 2.05) is 0 Å². The van der Waals surface area contributed by atoms with E-state index in [0.717, 1.165) is 5.56 Å². The third-order valence-corrected chi connectivity index (χ3v) is 1.76. The van der Waals surface area contributed by atoms with Crippen LogP contribution in [0.15, 0.2) is 18.5 Å². The average molecular weight is 191 g/mol. The fourth-order valence-corrected chi connectivity index (χ4v) is 1.13. The Balaban J connectivity index is 2.50. The first kappa shape index (κ1) is 8.49. The summed E-state index contributed by atoms with van der Waals surface area (Å²) in [5, 5.41) is 6.44. The summed E-state index contributed by atoms with van der Waals surface area (Å²) in [5.41, 5.74) is 6.18. The normalized spacial score (nSPS) is 10.1. The predicted octanol–water partition coefficient (Wildman–Crippen LogP) is 0.457. The largest absolute Gasteiger partial charge is 0.494 e. The van der Waals surface area contributed by atoms with Crippen LogP contribution in [0.5, 0.6) is 5.75 Å². The number of pyridine rings is 1. The second-order valence-electron chi connectivity index (χ2n) is 2.62. The van der Waals surface area contributed by atoms with Gasteiger partial charge in [-0.15, -0.1) is 5.10 Å². The van der Waals surface area contributed by atoms with Crippen LogP contribution in [0.3, 0.4) is 0 Å². The molecule has 14 heavy (non-hydrogen) atoms. The topological polar surface area (TPSA) is 89.7 Å². The van der Waals surface area contributed by atoms with Gasteiger partial charge in [0.15, 0.2) is 5.82 Å². The van der Waals surface area contributed by atoms with Gasteiger partial charge in [0, 0.05) is 6.20 Å². The van der Waals surface area contributed by atoms with Gasteiger partial charge >= 0.3 is 0 Å². The average Bonchev–Trinajstić information content (AvgIpc) is 2.65. The molecule has 0 aliphatic heterocycles. The summed E-state index contributed by atoms with van der Waals surface area (Å²) < 4.78 is 5.12. The van der Waals surface area contributed by atoms with E-state index in [2.05, 4.69) is 20.2 Å². The number of hydrogen-bond donors (Lipinski definition) is 2. The Hall–Kier alpha value is -2.11. The lowest BCUT2D eigenvalue weighted by molar-refractivity contribution is 0.414. The number of ether oxygens (including phenoxy) is 1. The smallest absolute Gasteiger partial charge is 0.239 e. The fraction of sp³-hybridized carbons (Fsp3) is 0.125. The molecule has 0 saturated heterocycles. The van der Waals surface area contributed by atoms with Crippen LogP contribution in [0.25, 0.3) is 11.4 Å². The molecule has 2 aromatic heterocycles. The molecule has 0 spiro atoms. The van der Waals surface area contributed by atoms with Gasteiger partial charge in [0.05, 0.1) is 18.9 Å². The standard InChI is InChI=1S/C8H9N5O/c1-14-6-4-10-3-2-5(6)7-11-8(9)13-12-7/h2-4H,1H3,(H3,9,11,12,13). The molecule has 0 fully saturated rings. The third-order valence-electron chi connectivity index (χ3n) is 1.76. The number of anilines is 1. The van der Waals surface area contributed by atoms with E-state index >= 15 is 0 Å². The molecule has 0 aliphatic rings. The molecular weight excluding hydrogens is 182 g/mol. The van der Waals surface area contributed by atoms with Crippen molar-refractivity contribution >= 4 is 5.95 Å². The fourth-order valence-electron chi connectivity index (χ4n) is 1.13. The molecule has 0 aromatic carbocycles. The minimum Gasteiger partial charge on any atom is -0.494 e. The summed E-state index contributed by atoms with van der Waals surface area (Å²) in [6.45, 7) is 0.